The van der Waals surface area contributed by atoms with E-state index in [2.05, 4.69) is 15.6 Å². The second kappa shape index (κ2) is 11.0. The van der Waals surface area contributed by atoms with Crippen molar-refractivity contribution < 1.29 is 17.9 Å². The van der Waals surface area contributed by atoms with Crippen LogP contribution in [-0.2, 0) is 25.9 Å². The van der Waals surface area contributed by atoms with E-state index >= 15 is 0 Å². The Morgan fingerprint density at radius 1 is 1.12 bits per heavy atom. The van der Waals surface area contributed by atoms with Gasteiger partial charge in [-0.2, -0.15) is 0 Å². The second-order valence-corrected chi connectivity index (χ2v) is 7.24. The molecule has 0 unspecified atom stereocenters. The van der Waals surface area contributed by atoms with Gasteiger partial charge in [0.05, 0.1) is 18.1 Å². The lowest BCUT2D eigenvalue weighted by Gasteiger charge is -2.12. The van der Waals surface area contributed by atoms with Crippen molar-refractivity contribution in [3.8, 4) is 0 Å². The van der Waals surface area contributed by atoms with Crippen LogP contribution in [0.15, 0.2) is 34.2 Å². The summed E-state index contributed by atoms with van der Waals surface area (Å²) in [6, 6.07) is 6.81. The van der Waals surface area contributed by atoms with Gasteiger partial charge in [0.2, 0.25) is 0 Å². The number of nitrogens with zero attached hydrogens (tertiary/aromatic N) is 1. The second-order valence-electron chi connectivity index (χ2n) is 5.23. The Bertz CT molecular complexity index is 600. The zero-order valence-electron chi connectivity index (χ0n) is 14.5. The minimum Gasteiger partial charge on any atom is -0.382 e. The maximum absolute atomic E-state index is 11.4. The van der Waals surface area contributed by atoms with Gasteiger partial charge in [-0.3, -0.25) is 4.99 Å². The van der Waals surface area contributed by atoms with Gasteiger partial charge in [-0.1, -0.05) is 12.1 Å². The van der Waals surface area contributed by atoms with Gasteiger partial charge >= 0.3 is 0 Å². The summed E-state index contributed by atoms with van der Waals surface area (Å²) in [6.45, 7) is 3.19. The number of hydrogen-bond acceptors (Lipinski definition) is 5. The fourth-order valence-electron chi connectivity index (χ4n) is 1.89. The summed E-state index contributed by atoms with van der Waals surface area (Å²) in [4.78, 5) is 4.47. The molecule has 0 spiro atoms. The molecule has 7 nitrogen and oxygen atoms in total. The highest BCUT2D eigenvalue weighted by Crippen LogP contribution is 2.10. The first-order valence-corrected chi connectivity index (χ1v) is 9.66. The quantitative estimate of drug-likeness (QED) is 0.366. The van der Waals surface area contributed by atoms with E-state index in [4.69, 9.17) is 9.47 Å². The van der Waals surface area contributed by atoms with E-state index in [9.17, 15) is 8.42 Å². The van der Waals surface area contributed by atoms with Crippen LogP contribution in [0, 0.1) is 0 Å². The minimum atomic E-state index is -3.16. The summed E-state index contributed by atoms with van der Waals surface area (Å²) in [5.41, 5.74) is 0.980. The van der Waals surface area contributed by atoms with Gasteiger partial charge in [0.25, 0.3) is 0 Å². The monoisotopic (exact) mass is 357 g/mol. The third-order valence-electron chi connectivity index (χ3n) is 3.22. The molecular formula is C16H27N3O4S. The van der Waals surface area contributed by atoms with Crippen LogP contribution in [0.1, 0.15) is 12.0 Å². The van der Waals surface area contributed by atoms with Gasteiger partial charge in [-0.05, 0) is 24.1 Å². The van der Waals surface area contributed by atoms with Crippen LogP contribution >= 0.6 is 0 Å². The lowest BCUT2D eigenvalue weighted by molar-refractivity contribution is 0.0698. The van der Waals surface area contributed by atoms with Crippen molar-refractivity contribution in [2.45, 2.75) is 17.9 Å². The van der Waals surface area contributed by atoms with Crippen molar-refractivity contribution >= 4 is 15.8 Å². The van der Waals surface area contributed by atoms with Crippen LogP contribution < -0.4 is 10.6 Å². The molecule has 0 atom stereocenters. The molecule has 0 heterocycles. The summed E-state index contributed by atoms with van der Waals surface area (Å²) in [7, 11) is 0.198. The molecule has 1 aromatic carbocycles. The largest absolute Gasteiger partial charge is 0.382 e. The number of rotatable bonds is 10. The van der Waals surface area contributed by atoms with E-state index in [1.807, 2.05) is 0 Å². The number of guanidine groups is 1. The predicted octanol–water partition coefficient (Wildman–Crippen LogP) is 0.808. The maximum Gasteiger partial charge on any atom is 0.191 e. The van der Waals surface area contributed by atoms with E-state index < -0.39 is 9.84 Å². The van der Waals surface area contributed by atoms with Gasteiger partial charge in [-0.25, -0.2) is 8.42 Å². The number of hydrogen-bond donors (Lipinski definition) is 2. The third-order valence-corrected chi connectivity index (χ3v) is 4.35. The van der Waals surface area contributed by atoms with Crippen LogP contribution in [0.4, 0.5) is 0 Å². The lowest BCUT2D eigenvalue weighted by atomic mass is 10.2. The maximum atomic E-state index is 11.4. The fraction of sp³-hybridized carbons (Fsp3) is 0.562. The zero-order chi connectivity index (χ0) is 17.8. The molecule has 24 heavy (non-hydrogen) atoms. The molecule has 0 aliphatic carbocycles. The van der Waals surface area contributed by atoms with Crippen molar-refractivity contribution in [3.05, 3.63) is 29.8 Å². The minimum absolute atomic E-state index is 0.322. The zero-order valence-corrected chi connectivity index (χ0v) is 15.4. The van der Waals surface area contributed by atoms with Crippen molar-refractivity contribution in [2.75, 3.05) is 46.8 Å². The van der Waals surface area contributed by atoms with Crippen LogP contribution in [0.5, 0.6) is 0 Å². The molecule has 0 amide bonds. The third kappa shape index (κ3) is 8.28. The Morgan fingerprint density at radius 2 is 1.83 bits per heavy atom. The normalized spacial score (nSPS) is 12.2. The van der Waals surface area contributed by atoms with Crippen LogP contribution in [0.25, 0.3) is 0 Å². The molecule has 0 aliphatic heterocycles. The van der Waals surface area contributed by atoms with E-state index in [1.54, 1.807) is 38.4 Å². The van der Waals surface area contributed by atoms with Gasteiger partial charge in [0.15, 0.2) is 15.8 Å². The molecule has 0 radical (unpaired) electrons. The molecule has 1 aromatic rings. The highest BCUT2D eigenvalue weighted by atomic mass is 32.2. The standard InChI is InChI=1S/C16H27N3O4S/c1-17-16(18-9-4-10-23-12-11-22-2)19-13-14-5-7-15(8-6-14)24(3,20)21/h5-8H,4,9-13H2,1-3H3,(H2,17,18,19). The number of aliphatic imine (C=N–C) groups is 1. The Balaban J connectivity index is 2.29. The van der Waals surface area contributed by atoms with Crippen molar-refractivity contribution in [1.29, 1.82) is 0 Å². The number of sulfone groups is 1. The first-order valence-electron chi connectivity index (χ1n) is 7.77. The molecule has 136 valence electrons. The molecule has 0 aromatic heterocycles. The number of methoxy groups -OCH3 is 1. The first-order chi connectivity index (χ1) is 11.5. The molecule has 0 bridgehead atoms. The Hall–Kier alpha value is -1.64. The van der Waals surface area contributed by atoms with Crippen molar-refractivity contribution in [2.24, 2.45) is 4.99 Å². The summed E-state index contributed by atoms with van der Waals surface area (Å²) in [5.74, 6) is 0.694. The van der Waals surface area contributed by atoms with Gasteiger partial charge in [0, 0.05) is 40.1 Å². The molecule has 2 N–H and O–H groups in total. The van der Waals surface area contributed by atoms with Gasteiger partial charge in [0.1, 0.15) is 0 Å². The highest BCUT2D eigenvalue weighted by Gasteiger charge is 2.06. The molecule has 0 saturated heterocycles. The SMILES string of the molecule is CN=C(NCCCOCCOC)NCc1ccc(S(C)(=O)=O)cc1. The fourth-order valence-corrected chi connectivity index (χ4v) is 2.52. The molecule has 8 heteroatoms. The van der Waals surface area contributed by atoms with Crippen LogP contribution in [0.2, 0.25) is 0 Å². The summed E-state index contributed by atoms with van der Waals surface area (Å²) >= 11 is 0. The number of benzene rings is 1. The average Bonchev–Trinajstić information content (AvgIpc) is 2.56. The Kier molecular flexibility index (Phi) is 9.36. The van der Waals surface area contributed by atoms with E-state index in [1.165, 1.54) is 6.26 Å². The lowest BCUT2D eigenvalue weighted by Crippen LogP contribution is -2.37. The van der Waals surface area contributed by atoms with Gasteiger partial charge < -0.3 is 20.1 Å². The number of ether oxygens (including phenoxy) is 2. The predicted molar refractivity (Wildman–Crippen MR) is 95.1 cm³/mol. The van der Waals surface area contributed by atoms with Crippen molar-refractivity contribution in [3.63, 3.8) is 0 Å². The summed E-state index contributed by atoms with van der Waals surface area (Å²) < 4.78 is 33.1. The highest BCUT2D eigenvalue weighted by molar-refractivity contribution is 7.90. The average molecular weight is 357 g/mol. The summed E-state index contributed by atoms with van der Waals surface area (Å²) in [6.07, 6.45) is 2.07. The summed E-state index contributed by atoms with van der Waals surface area (Å²) in [5, 5.41) is 6.38. The van der Waals surface area contributed by atoms with E-state index in [0.29, 0.717) is 37.2 Å². The molecule has 0 saturated carbocycles. The molecule has 1 rings (SSSR count). The smallest absolute Gasteiger partial charge is 0.191 e. The van der Waals surface area contributed by atoms with Crippen LogP contribution in [0.3, 0.4) is 0 Å². The molecule has 0 aliphatic rings. The topological polar surface area (TPSA) is 89.0 Å². The van der Waals surface area contributed by atoms with Gasteiger partial charge in [-0.15, -0.1) is 0 Å². The molecular weight excluding hydrogens is 330 g/mol. The molecule has 0 fully saturated rings. The first kappa shape index (κ1) is 20.4. The Labute approximate surface area is 144 Å². The van der Waals surface area contributed by atoms with E-state index in [0.717, 1.165) is 18.5 Å². The van der Waals surface area contributed by atoms with Crippen molar-refractivity contribution in [1.82, 2.24) is 10.6 Å². The number of nitrogens with one attached hydrogen (secondary N) is 2. The van der Waals surface area contributed by atoms with E-state index in [-0.39, 0.29) is 0 Å². The Morgan fingerprint density at radius 3 is 2.42 bits per heavy atom. The van der Waals surface area contributed by atoms with Crippen LogP contribution in [-0.4, -0.2) is 61.2 Å².